The first-order chi connectivity index (χ1) is 4.34. The average Bonchev–Trinajstić information content (AvgIpc) is 1.60. The van der Waals surface area contributed by atoms with E-state index in [9.17, 15) is 0 Å². The van der Waals surface area contributed by atoms with E-state index in [1.165, 1.54) is 0 Å². The van der Waals surface area contributed by atoms with Crippen LogP contribution in [0, 0.1) is 0 Å². The summed E-state index contributed by atoms with van der Waals surface area (Å²) in [5, 5.41) is 0.0984. The molecule has 0 heterocycles. The Balaban J connectivity index is 3.73. The van der Waals surface area contributed by atoms with Crippen molar-refractivity contribution in [1.82, 2.24) is 0 Å². The Labute approximate surface area is 69.7 Å². The molecule has 0 aromatic rings. The van der Waals surface area contributed by atoms with Crippen molar-refractivity contribution in [2.24, 2.45) is 0 Å². The largest absolute Gasteiger partial charge is 0.340 e. The van der Waals surface area contributed by atoms with Gasteiger partial charge in [-0.15, -0.1) is 0 Å². The highest BCUT2D eigenvalue weighted by atomic mass is 35.7. The molecule has 0 radical (unpaired) electrons. The van der Waals surface area contributed by atoms with Gasteiger partial charge >= 0.3 is 0 Å². The molecule has 0 aliphatic carbocycles. The van der Waals surface area contributed by atoms with Crippen LogP contribution in [0.3, 0.4) is 0 Å². The summed E-state index contributed by atoms with van der Waals surface area (Å²) < 4.78 is 5.44. The van der Waals surface area contributed by atoms with E-state index in [1.807, 2.05) is 13.8 Å². The van der Waals surface area contributed by atoms with Crippen LogP contribution in [0.1, 0.15) is 34.6 Å². The lowest BCUT2D eigenvalue weighted by atomic mass is 10.3. The number of hydrogen-bond donors (Lipinski definition) is 0. The Morgan fingerprint density at radius 1 is 1.30 bits per heavy atom. The van der Waals surface area contributed by atoms with Crippen LogP contribution in [0.25, 0.3) is 0 Å². The van der Waals surface area contributed by atoms with Gasteiger partial charge in [0.05, 0.1) is 6.10 Å². The Bertz CT molecular complexity index is 98.3. The predicted octanol–water partition coefficient (Wildman–Crippen LogP) is 3.76. The highest BCUT2D eigenvalue weighted by molar-refractivity contribution is 7.81. The van der Waals surface area contributed by atoms with Gasteiger partial charge in [0.2, 0.25) is 0 Å². The van der Waals surface area contributed by atoms with Crippen LogP contribution in [-0.2, 0) is 4.52 Å². The molecule has 3 heteroatoms. The second kappa shape index (κ2) is 3.90. The topological polar surface area (TPSA) is 9.23 Å². The minimum absolute atomic E-state index is 0.0984. The van der Waals surface area contributed by atoms with Crippen LogP contribution >= 0.6 is 18.7 Å². The average molecular weight is 183 g/mol. The molecule has 10 heavy (non-hydrogen) atoms. The smallest absolute Gasteiger partial charge is 0.130 e. The van der Waals surface area contributed by atoms with Crippen molar-refractivity contribution in [3.05, 3.63) is 0 Å². The molecular weight excluding hydrogens is 167 g/mol. The van der Waals surface area contributed by atoms with Gasteiger partial charge < -0.3 is 4.52 Å². The quantitative estimate of drug-likeness (QED) is 0.591. The van der Waals surface area contributed by atoms with Gasteiger partial charge in [-0.2, -0.15) is 0 Å². The SMILES string of the molecule is CC(C)OP(Cl)C(C)(C)C. The molecule has 1 nitrogen and oxygen atoms in total. The number of rotatable bonds is 2. The summed E-state index contributed by atoms with van der Waals surface area (Å²) in [5.41, 5.74) is 0. The van der Waals surface area contributed by atoms with E-state index >= 15 is 0 Å². The highest BCUT2D eigenvalue weighted by Gasteiger charge is 2.24. The van der Waals surface area contributed by atoms with Gasteiger partial charge in [0.15, 0.2) is 0 Å². The second-order valence-electron chi connectivity index (χ2n) is 3.57. The fourth-order valence-electron chi connectivity index (χ4n) is 0.343. The van der Waals surface area contributed by atoms with Crippen LogP contribution in [0.4, 0.5) is 0 Å². The maximum atomic E-state index is 5.99. The van der Waals surface area contributed by atoms with Gasteiger partial charge in [0, 0.05) is 5.16 Å². The molecule has 0 amide bonds. The van der Waals surface area contributed by atoms with Crippen molar-refractivity contribution in [3.8, 4) is 0 Å². The molecule has 1 unspecified atom stereocenters. The summed E-state index contributed by atoms with van der Waals surface area (Å²) in [6.45, 7) is 10.3. The highest BCUT2D eigenvalue weighted by Crippen LogP contribution is 2.55. The maximum absolute atomic E-state index is 5.99. The van der Waals surface area contributed by atoms with Crippen LogP contribution in [0.2, 0.25) is 0 Å². The Kier molecular flexibility index (Phi) is 4.16. The van der Waals surface area contributed by atoms with Crippen molar-refractivity contribution in [2.75, 3.05) is 0 Å². The number of halogens is 1. The van der Waals surface area contributed by atoms with Crippen LogP contribution in [-0.4, -0.2) is 11.3 Å². The van der Waals surface area contributed by atoms with Gasteiger partial charge in [0.1, 0.15) is 7.50 Å². The fraction of sp³-hybridized carbons (Fsp3) is 1.00. The first-order valence-corrected chi connectivity index (χ1v) is 5.63. The van der Waals surface area contributed by atoms with E-state index in [1.54, 1.807) is 0 Å². The van der Waals surface area contributed by atoms with E-state index in [4.69, 9.17) is 15.8 Å². The Morgan fingerprint density at radius 2 is 1.70 bits per heavy atom. The molecule has 0 saturated carbocycles. The van der Waals surface area contributed by atoms with Crippen molar-refractivity contribution in [2.45, 2.75) is 45.9 Å². The maximum Gasteiger partial charge on any atom is 0.130 e. The first kappa shape index (κ1) is 10.7. The van der Waals surface area contributed by atoms with Crippen LogP contribution in [0.15, 0.2) is 0 Å². The van der Waals surface area contributed by atoms with Gasteiger partial charge in [-0.05, 0) is 13.8 Å². The number of hydrogen-bond acceptors (Lipinski definition) is 1. The van der Waals surface area contributed by atoms with Gasteiger partial charge in [-0.25, -0.2) is 0 Å². The zero-order chi connectivity index (χ0) is 8.36. The summed E-state index contributed by atoms with van der Waals surface area (Å²) in [6.07, 6.45) is 0.239. The van der Waals surface area contributed by atoms with Crippen LogP contribution in [0.5, 0.6) is 0 Å². The zero-order valence-corrected chi connectivity index (χ0v) is 8.96. The van der Waals surface area contributed by atoms with E-state index in [0.29, 0.717) is 0 Å². The standard InChI is InChI=1S/C7H16ClOP/c1-6(2)9-10(8)7(3,4)5/h6H,1-5H3. The van der Waals surface area contributed by atoms with E-state index in [-0.39, 0.29) is 11.3 Å². The fourth-order valence-corrected chi connectivity index (χ4v) is 1.51. The lowest BCUT2D eigenvalue weighted by molar-refractivity contribution is 0.269. The van der Waals surface area contributed by atoms with E-state index in [0.717, 1.165) is 0 Å². The Morgan fingerprint density at radius 3 is 1.80 bits per heavy atom. The molecule has 0 rings (SSSR count). The third-order valence-corrected chi connectivity index (χ3v) is 4.25. The zero-order valence-electron chi connectivity index (χ0n) is 7.31. The third kappa shape index (κ3) is 4.49. The molecule has 62 valence electrons. The van der Waals surface area contributed by atoms with Crippen LogP contribution < -0.4 is 0 Å². The minimum atomic E-state index is -0.789. The second-order valence-corrected chi connectivity index (χ2v) is 6.53. The Hall–Kier alpha value is 0.680. The van der Waals surface area contributed by atoms with Gasteiger partial charge in [0.25, 0.3) is 0 Å². The summed E-state index contributed by atoms with van der Waals surface area (Å²) in [6, 6.07) is 0. The summed E-state index contributed by atoms with van der Waals surface area (Å²) in [7, 11) is -0.789. The monoisotopic (exact) mass is 182 g/mol. The first-order valence-electron chi connectivity index (χ1n) is 3.47. The summed E-state index contributed by atoms with van der Waals surface area (Å²) >= 11 is 5.99. The molecule has 0 aliphatic heterocycles. The van der Waals surface area contributed by atoms with E-state index in [2.05, 4.69) is 20.8 Å². The lowest BCUT2D eigenvalue weighted by Crippen LogP contribution is -2.12. The van der Waals surface area contributed by atoms with Gasteiger partial charge in [-0.1, -0.05) is 32.0 Å². The van der Waals surface area contributed by atoms with Crippen molar-refractivity contribution in [3.63, 3.8) is 0 Å². The molecule has 0 spiro atoms. The molecule has 0 aromatic carbocycles. The lowest BCUT2D eigenvalue weighted by Gasteiger charge is -2.25. The molecule has 0 aliphatic rings. The summed E-state index contributed by atoms with van der Waals surface area (Å²) in [4.78, 5) is 0. The van der Waals surface area contributed by atoms with Crippen molar-refractivity contribution in [1.29, 1.82) is 0 Å². The molecular formula is C7H16ClOP. The normalized spacial score (nSPS) is 15.9. The molecule has 0 bridgehead atoms. The molecule has 0 fully saturated rings. The third-order valence-electron chi connectivity index (χ3n) is 0.831. The predicted molar refractivity (Wildman–Crippen MR) is 48.7 cm³/mol. The van der Waals surface area contributed by atoms with Crippen molar-refractivity contribution < 1.29 is 4.52 Å². The molecule has 0 aromatic heterocycles. The van der Waals surface area contributed by atoms with Gasteiger partial charge in [-0.3, -0.25) is 0 Å². The van der Waals surface area contributed by atoms with E-state index < -0.39 is 7.50 Å². The molecule has 0 N–H and O–H groups in total. The molecule has 0 saturated heterocycles. The summed E-state index contributed by atoms with van der Waals surface area (Å²) in [5.74, 6) is 0. The van der Waals surface area contributed by atoms with Crippen molar-refractivity contribution >= 4 is 18.7 Å². The minimum Gasteiger partial charge on any atom is -0.340 e. The molecule has 1 atom stereocenters.